The van der Waals surface area contributed by atoms with E-state index in [9.17, 15) is 24.9 Å². The van der Waals surface area contributed by atoms with Gasteiger partial charge in [0.05, 0.1) is 18.0 Å². The minimum absolute atomic E-state index is 0.114. The summed E-state index contributed by atoms with van der Waals surface area (Å²) in [6, 6.07) is 18.3. The molecule has 10 nitrogen and oxygen atoms in total. The molecule has 0 aliphatic carbocycles. The fourth-order valence-electron chi connectivity index (χ4n) is 3.98. The number of H-pyrrole nitrogens is 1. The number of hydrogen-bond acceptors (Lipinski definition) is 8. The molecule has 10 heteroatoms. The van der Waals surface area contributed by atoms with E-state index < -0.39 is 42.4 Å². The molecule has 0 unspecified atom stereocenters. The molecular weight excluding hydrogens is 428 g/mol. The lowest BCUT2D eigenvalue weighted by atomic mass is 10.0. The highest BCUT2D eigenvalue weighted by molar-refractivity contribution is 5.84. The van der Waals surface area contributed by atoms with Gasteiger partial charge in [0.15, 0.2) is 17.4 Å². The second-order valence-corrected chi connectivity index (χ2v) is 7.68. The number of benzene rings is 2. The maximum atomic E-state index is 12.8. The summed E-state index contributed by atoms with van der Waals surface area (Å²) in [6.45, 7) is -0.566. The second-order valence-electron chi connectivity index (χ2n) is 7.68. The predicted molar refractivity (Wildman–Crippen MR) is 118 cm³/mol. The van der Waals surface area contributed by atoms with Crippen LogP contribution in [-0.2, 0) is 4.74 Å². The van der Waals surface area contributed by atoms with E-state index in [0.29, 0.717) is 17.0 Å². The van der Waals surface area contributed by atoms with E-state index in [1.54, 1.807) is 0 Å². The number of nitrogens with zero attached hydrogens (tertiary/aromatic N) is 3. The van der Waals surface area contributed by atoms with Gasteiger partial charge < -0.3 is 20.1 Å². The summed E-state index contributed by atoms with van der Waals surface area (Å²) in [5, 5.41) is 30.1. The molecule has 1 fully saturated rings. The van der Waals surface area contributed by atoms with Gasteiger partial charge in [-0.15, -0.1) is 0 Å². The zero-order valence-corrected chi connectivity index (χ0v) is 17.2. The lowest BCUT2D eigenvalue weighted by Gasteiger charge is -2.19. The van der Waals surface area contributed by atoms with E-state index in [0.717, 1.165) is 10.1 Å². The van der Waals surface area contributed by atoms with Crippen molar-refractivity contribution in [1.29, 1.82) is 0 Å². The number of aliphatic hydroxyl groups is 3. The number of aromatic nitrogens is 4. The Morgan fingerprint density at radius 3 is 2.00 bits per heavy atom. The van der Waals surface area contributed by atoms with Gasteiger partial charge in [0.25, 0.3) is 5.56 Å². The average molecular weight is 448 g/mol. The van der Waals surface area contributed by atoms with Gasteiger partial charge in [-0.1, -0.05) is 60.7 Å². The molecular formula is C23H20N4O6. The van der Waals surface area contributed by atoms with Crippen LogP contribution in [0.15, 0.2) is 70.3 Å². The monoisotopic (exact) mass is 448 g/mol. The van der Waals surface area contributed by atoms with Crippen LogP contribution < -0.4 is 11.2 Å². The van der Waals surface area contributed by atoms with Gasteiger partial charge in [-0.05, 0) is 0 Å². The standard InChI is InChI=1S/C23H20N4O6/c28-11-14-18(29)19(30)22(33-14)27-20-17(21(31)26-23(27)32)24-15(12-7-3-1-4-8-12)16(25-20)13-9-5-2-6-10-13/h1-10,14,18-19,22,28-30H,11H2,(H,26,31,32)/t14-,18-,19-,22-/m1/s1. The van der Waals surface area contributed by atoms with Crippen molar-refractivity contribution in [2.45, 2.75) is 24.5 Å². The fraction of sp³-hybridized carbons (Fsp3) is 0.217. The molecule has 168 valence electrons. The minimum Gasteiger partial charge on any atom is -0.394 e. The number of aromatic amines is 1. The van der Waals surface area contributed by atoms with Crippen LogP contribution in [0.2, 0.25) is 0 Å². The van der Waals surface area contributed by atoms with Gasteiger partial charge in [0.1, 0.15) is 18.3 Å². The van der Waals surface area contributed by atoms with E-state index in [2.05, 4.69) is 15.0 Å². The number of ether oxygens (including phenoxy) is 1. The maximum Gasteiger partial charge on any atom is 0.332 e. The van der Waals surface area contributed by atoms with E-state index in [1.165, 1.54) is 0 Å². The maximum absolute atomic E-state index is 12.8. The van der Waals surface area contributed by atoms with Gasteiger partial charge in [0, 0.05) is 11.1 Å². The van der Waals surface area contributed by atoms with E-state index in [-0.39, 0.29) is 11.2 Å². The molecule has 4 atom stereocenters. The first kappa shape index (κ1) is 21.2. The predicted octanol–water partition coefficient (Wildman–Crippen LogP) is 0.425. The summed E-state index contributed by atoms with van der Waals surface area (Å²) < 4.78 is 6.49. The smallest absolute Gasteiger partial charge is 0.332 e. The molecule has 1 aliphatic rings. The molecule has 0 saturated carbocycles. The van der Waals surface area contributed by atoms with Crippen LogP contribution in [0.1, 0.15) is 6.23 Å². The number of rotatable bonds is 4. The summed E-state index contributed by atoms with van der Waals surface area (Å²) in [6.07, 6.45) is -5.46. The van der Waals surface area contributed by atoms with E-state index >= 15 is 0 Å². The lowest BCUT2D eigenvalue weighted by Crippen LogP contribution is -2.39. The van der Waals surface area contributed by atoms with Crippen molar-refractivity contribution in [1.82, 2.24) is 19.5 Å². The molecule has 4 N–H and O–H groups in total. The molecule has 0 spiro atoms. The highest BCUT2D eigenvalue weighted by atomic mass is 16.6. The van der Waals surface area contributed by atoms with Crippen molar-refractivity contribution < 1.29 is 20.1 Å². The number of nitrogens with one attached hydrogen (secondary N) is 1. The normalized spacial score (nSPS) is 22.6. The first-order valence-corrected chi connectivity index (χ1v) is 10.3. The Kier molecular flexibility index (Phi) is 5.35. The fourth-order valence-corrected chi connectivity index (χ4v) is 3.98. The van der Waals surface area contributed by atoms with Crippen LogP contribution in [0.3, 0.4) is 0 Å². The van der Waals surface area contributed by atoms with Crippen LogP contribution in [0.4, 0.5) is 0 Å². The molecule has 2 aromatic heterocycles. The Labute approximate surface area is 186 Å². The van der Waals surface area contributed by atoms with Crippen molar-refractivity contribution in [3.63, 3.8) is 0 Å². The highest BCUT2D eigenvalue weighted by Gasteiger charge is 2.44. The first-order chi connectivity index (χ1) is 16.0. The third-order valence-electron chi connectivity index (χ3n) is 5.63. The third-order valence-corrected chi connectivity index (χ3v) is 5.63. The lowest BCUT2D eigenvalue weighted by molar-refractivity contribution is -0.0530. The zero-order chi connectivity index (χ0) is 23.1. The molecule has 33 heavy (non-hydrogen) atoms. The molecule has 2 aromatic carbocycles. The molecule has 1 aliphatic heterocycles. The summed E-state index contributed by atoms with van der Waals surface area (Å²) in [4.78, 5) is 36.9. The Morgan fingerprint density at radius 2 is 1.45 bits per heavy atom. The molecule has 1 saturated heterocycles. The van der Waals surface area contributed by atoms with Crippen LogP contribution in [-0.4, -0.2) is 59.8 Å². The van der Waals surface area contributed by atoms with Gasteiger partial charge in [-0.25, -0.2) is 19.3 Å². The van der Waals surface area contributed by atoms with Gasteiger partial charge in [-0.2, -0.15) is 0 Å². The summed E-state index contributed by atoms with van der Waals surface area (Å²) in [7, 11) is 0. The van der Waals surface area contributed by atoms with E-state index in [4.69, 9.17) is 4.74 Å². The first-order valence-electron chi connectivity index (χ1n) is 10.3. The van der Waals surface area contributed by atoms with Crippen LogP contribution in [0, 0.1) is 0 Å². The zero-order valence-electron chi connectivity index (χ0n) is 17.2. The topological polar surface area (TPSA) is 151 Å². The van der Waals surface area contributed by atoms with Crippen LogP contribution >= 0.6 is 0 Å². The molecule has 0 radical (unpaired) electrons. The van der Waals surface area contributed by atoms with Crippen LogP contribution in [0.25, 0.3) is 33.7 Å². The molecule has 5 rings (SSSR count). The molecule has 4 aromatic rings. The van der Waals surface area contributed by atoms with Crippen molar-refractivity contribution >= 4 is 11.2 Å². The summed E-state index contributed by atoms with van der Waals surface area (Å²) >= 11 is 0. The Bertz CT molecular complexity index is 1420. The van der Waals surface area contributed by atoms with Gasteiger partial charge in [-0.3, -0.25) is 9.78 Å². The number of fused-ring (bicyclic) bond motifs is 1. The van der Waals surface area contributed by atoms with E-state index in [1.807, 2.05) is 60.7 Å². The quantitative estimate of drug-likeness (QED) is 0.351. The summed E-state index contributed by atoms with van der Waals surface area (Å²) in [5.74, 6) is 0. The van der Waals surface area contributed by atoms with Crippen molar-refractivity contribution in [2.75, 3.05) is 6.61 Å². The SMILES string of the molecule is O=c1[nH]c(=O)n([C@@H]2O[C@H](CO)[C@@H](O)[C@H]2O)c2nc(-c3ccccc3)c(-c3ccccc3)nc12. The third kappa shape index (κ3) is 3.55. The second kappa shape index (κ2) is 8.34. The van der Waals surface area contributed by atoms with Crippen molar-refractivity contribution in [3.8, 4) is 22.5 Å². The molecule has 3 heterocycles. The minimum atomic E-state index is -1.54. The average Bonchev–Trinajstić information content (AvgIpc) is 3.13. The largest absolute Gasteiger partial charge is 0.394 e. The van der Waals surface area contributed by atoms with Crippen LogP contribution in [0.5, 0.6) is 0 Å². The Hall–Kier alpha value is -3.70. The molecule has 0 bridgehead atoms. The Balaban J connectivity index is 1.83. The number of hydrogen-bond donors (Lipinski definition) is 4. The summed E-state index contributed by atoms with van der Waals surface area (Å²) in [5.41, 5.74) is 0.390. The van der Waals surface area contributed by atoms with Crippen molar-refractivity contribution in [2.24, 2.45) is 0 Å². The Morgan fingerprint density at radius 1 is 0.879 bits per heavy atom. The molecule has 0 amide bonds. The number of aliphatic hydroxyl groups excluding tert-OH is 3. The van der Waals surface area contributed by atoms with Gasteiger partial charge >= 0.3 is 5.69 Å². The van der Waals surface area contributed by atoms with Crippen molar-refractivity contribution in [3.05, 3.63) is 81.5 Å². The van der Waals surface area contributed by atoms with Gasteiger partial charge in [0.2, 0.25) is 0 Å². The highest BCUT2D eigenvalue weighted by Crippen LogP contribution is 2.33.